The van der Waals surface area contributed by atoms with Gasteiger partial charge in [-0.15, -0.1) is 0 Å². The molecule has 3 heterocycles. The fraction of sp³-hybridized carbons (Fsp3) is 0.300. The van der Waals surface area contributed by atoms with Gasteiger partial charge in [0, 0.05) is 18.4 Å². The lowest BCUT2D eigenvalue weighted by Crippen LogP contribution is -2.42. The number of pyridine rings is 1. The summed E-state index contributed by atoms with van der Waals surface area (Å²) in [4.78, 5) is 16.8. The highest BCUT2D eigenvalue weighted by atomic mass is 19.4. The highest BCUT2D eigenvalue weighted by Gasteiger charge is 2.36. The summed E-state index contributed by atoms with van der Waals surface area (Å²) in [5.41, 5.74) is -0.281. The molecule has 0 saturated carbocycles. The van der Waals surface area contributed by atoms with Crippen LogP contribution in [-0.2, 0) is 10.9 Å². The molecule has 1 aromatic carbocycles. The van der Waals surface area contributed by atoms with Gasteiger partial charge in [-0.1, -0.05) is 18.2 Å². The second kappa shape index (κ2) is 7.07. The number of aryl methyl sites for hydroxylation is 1. The smallest absolute Gasteiger partial charge is 0.417 e. The Hall–Kier alpha value is -3.07. The summed E-state index contributed by atoms with van der Waals surface area (Å²) in [6.07, 6.45) is -5.06. The lowest BCUT2D eigenvalue weighted by atomic mass is 9.98. The van der Waals surface area contributed by atoms with Crippen molar-refractivity contribution in [2.24, 2.45) is 0 Å². The Morgan fingerprint density at radius 2 is 2.03 bits per heavy atom. The molecule has 9 heteroatoms. The third-order valence-electron chi connectivity index (χ3n) is 4.78. The van der Waals surface area contributed by atoms with Crippen molar-refractivity contribution in [3.8, 4) is 5.75 Å². The number of fused-ring (bicyclic) bond motifs is 2. The van der Waals surface area contributed by atoms with Gasteiger partial charge in [-0.2, -0.15) is 13.2 Å². The maximum Gasteiger partial charge on any atom is 0.417 e. The number of para-hydroxylation sites is 1. The van der Waals surface area contributed by atoms with E-state index >= 15 is 0 Å². The van der Waals surface area contributed by atoms with Gasteiger partial charge in [-0.25, -0.2) is 4.98 Å². The third-order valence-corrected chi connectivity index (χ3v) is 4.78. The Kier molecular flexibility index (Phi) is 4.70. The van der Waals surface area contributed by atoms with Gasteiger partial charge in [0.25, 0.3) is 5.91 Å². The second-order valence-electron chi connectivity index (χ2n) is 6.71. The number of alkyl halides is 3. The van der Waals surface area contributed by atoms with Gasteiger partial charge in [-0.3, -0.25) is 4.79 Å². The number of carbonyl (C=O) groups is 1. The van der Waals surface area contributed by atoms with Crippen LogP contribution in [0.2, 0.25) is 0 Å². The van der Waals surface area contributed by atoms with Crippen LogP contribution in [0.5, 0.6) is 5.75 Å². The van der Waals surface area contributed by atoms with Crippen LogP contribution >= 0.6 is 0 Å². The number of methoxy groups -OCH3 is 1. The van der Waals surface area contributed by atoms with E-state index in [0.717, 1.165) is 12.1 Å². The number of ether oxygens (including phenoxy) is 2. The fourth-order valence-electron chi connectivity index (χ4n) is 3.41. The molecule has 2 atom stereocenters. The van der Waals surface area contributed by atoms with Gasteiger partial charge in [0.15, 0.2) is 5.76 Å². The number of halogens is 3. The summed E-state index contributed by atoms with van der Waals surface area (Å²) >= 11 is 0. The maximum absolute atomic E-state index is 13.3. The fourth-order valence-corrected chi connectivity index (χ4v) is 3.41. The zero-order chi connectivity index (χ0) is 20.8. The molecule has 0 saturated heterocycles. The molecule has 0 fully saturated rings. The predicted molar refractivity (Wildman–Crippen MR) is 96.7 cm³/mol. The summed E-state index contributed by atoms with van der Waals surface area (Å²) in [6.45, 7) is 1.65. The first-order chi connectivity index (χ1) is 13.8. The summed E-state index contributed by atoms with van der Waals surface area (Å²) in [5.74, 6) is -0.327. The molecule has 4 rings (SSSR count). The average molecular weight is 406 g/mol. The van der Waals surface area contributed by atoms with Gasteiger partial charge >= 0.3 is 6.18 Å². The molecule has 3 aromatic rings. The number of nitrogens with zero attached hydrogens (tertiary/aromatic N) is 1. The van der Waals surface area contributed by atoms with Crippen LogP contribution in [-0.4, -0.2) is 30.7 Å². The number of rotatable bonds is 3. The Morgan fingerprint density at radius 3 is 2.76 bits per heavy atom. The van der Waals surface area contributed by atoms with Crippen molar-refractivity contribution in [1.82, 2.24) is 10.3 Å². The van der Waals surface area contributed by atoms with E-state index in [1.165, 1.54) is 14.0 Å². The van der Waals surface area contributed by atoms with Crippen molar-refractivity contribution < 1.29 is 31.9 Å². The molecule has 6 nitrogen and oxygen atoms in total. The SMILES string of the molecule is COC1COc2ccccc2C1NC(=O)c1cc2c(C(F)(F)F)cc(C)nc2o1. The van der Waals surface area contributed by atoms with Crippen LogP contribution in [0.25, 0.3) is 11.1 Å². The molecular formula is C20H17F3N2O4. The standard InChI is InChI=1S/C20H17F3N2O4/c1-10-7-13(20(21,22)23)12-8-15(29-19(12)24-10)18(26)25-17-11-5-3-4-6-14(11)28-9-16(17)27-2/h3-8,16-17H,9H2,1-2H3,(H,25,26). The number of carbonyl (C=O) groups excluding carboxylic acids is 1. The van der Waals surface area contributed by atoms with E-state index in [-0.39, 0.29) is 29.2 Å². The van der Waals surface area contributed by atoms with E-state index in [4.69, 9.17) is 13.9 Å². The van der Waals surface area contributed by atoms with Gasteiger partial charge < -0.3 is 19.2 Å². The summed E-state index contributed by atoms with van der Waals surface area (Å²) in [6, 6.07) is 8.59. The number of benzene rings is 1. The van der Waals surface area contributed by atoms with Crippen molar-refractivity contribution in [2.45, 2.75) is 25.2 Å². The molecule has 29 heavy (non-hydrogen) atoms. The van der Waals surface area contributed by atoms with Gasteiger partial charge in [0.2, 0.25) is 5.71 Å². The van der Waals surface area contributed by atoms with Gasteiger partial charge in [0.05, 0.1) is 17.0 Å². The molecule has 1 aliphatic heterocycles. The van der Waals surface area contributed by atoms with Crippen LogP contribution in [0.15, 0.2) is 40.8 Å². The minimum absolute atomic E-state index is 0.143. The Labute approximate surface area is 163 Å². The van der Waals surface area contributed by atoms with Crippen LogP contribution < -0.4 is 10.1 Å². The zero-order valence-corrected chi connectivity index (χ0v) is 15.5. The van der Waals surface area contributed by atoms with Gasteiger partial charge in [-0.05, 0) is 25.1 Å². The van der Waals surface area contributed by atoms with E-state index in [1.54, 1.807) is 24.3 Å². The first-order valence-corrected chi connectivity index (χ1v) is 8.81. The molecule has 0 radical (unpaired) electrons. The predicted octanol–water partition coefficient (Wildman–Crippen LogP) is 4.03. The monoisotopic (exact) mass is 406 g/mol. The molecule has 0 bridgehead atoms. The topological polar surface area (TPSA) is 73.6 Å². The van der Waals surface area contributed by atoms with Gasteiger partial charge in [0.1, 0.15) is 18.5 Å². The molecule has 1 N–H and O–H groups in total. The van der Waals surface area contributed by atoms with E-state index < -0.39 is 29.8 Å². The number of amides is 1. The molecule has 1 amide bonds. The zero-order valence-electron chi connectivity index (χ0n) is 15.5. The minimum atomic E-state index is -4.59. The molecule has 0 aliphatic carbocycles. The van der Waals surface area contributed by atoms with Crippen molar-refractivity contribution in [3.05, 3.63) is 59.0 Å². The third kappa shape index (κ3) is 3.53. The highest BCUT2D eigenvalue weighted by Crippen LogP contribution is 2.37. The number of hydrogen-bond donors (Lipinski definition) is 1. The summed E-state index contributed by atoms with van der Waals surface area (Å²) in [5, 5.41) is 2.52. The first-order valence-electron chi connectivity index (χ1n) is 8.81. The molecule has 2 aromatic heterocycles. The van der Waals surface area contributed by atoms with Crippen molar-refractivity contribution in [3.63, 3.8) is 0 Å². The molecular weight excluding hydrogens is 389 g/mol. The first kappa shape index (κ1) is 19.3. The lowest BCUT2D eigenvalue weighted by Gasteiger charge is -2.32. The van der Waals surface area contributed by atoms with E-state index in [2.05, 4.69) is 10.3 Å². The Balaban J connectivity index is 1.69. The van der Waals surface area contributed by atoms with Crippen LogP contribution in [0.4, 0.5) is 13.2 Å². The van der Waals surface area contributed by atoms with E-state index in [0.29, 0.717) is 11.3 Å². The quantitative estimate of drug-likeness (QED) is 0.711. The number of nitrogens with one attached hydrogen (secondary N) is 1. The average Bonchev–Trinajstić information content (AvgIpc) is 3.10. The van der Waals surface area contributed by atoms with E-state index in [1.807, 2.05) is 0 Å². The molecule has 0 spiro atoms. The van der Waals surface area contributed by atoms with Crippen molar-refractivity contribution >= 4 is 17.0 Å². The van der Waals surface area contributed by atoms with Crippen LogP contribution in [0, 0.1) is 6.92 Å². The highest BCUT2D eigenvalue weighted by molar-refractivity contribution is 5.96. The minimum Gasteiger partial charge on any atom is -0.490 e. The largest absolute Gasteiger partial charge is 0.490 e. The van der Waals surface area contributed by atoms with Crippen LogP contribution in [0.3, 0.4) is 0 Å². The Bertz CT molecular complexity index is 1080. The lowest BCUT2D eigenvalue weighted by molar-refractivity contribution is -0.136. The molecule has 1 aliphatic rings. The second-order valence-corrected chi connectivity index (χ2v) is 6.71. The number of aromatic nitrogens is 1. The summed E-state index contributed by atoms with van der Waals surface area (Å²) in [7, 11) is 1.49. The van der Waals surface area contributed by atoms with Crippen molar-refractivity contribution in [2.75, 3.05) is 13.7 Å². The van der Waals surface area contributed by atoms with Crippen molar-refractivity contribution in [1.29, 1.82) is 0 Å². The molecule has 2 unspecified atom stereocenters. The normalized spacial score (nSPS) is 18.9. The number of hydrogen-bond acceptors (Lipinski definition) is 5. The Morgan fingerprint density at radius 1 is 1.28 bits per heavy atom. The maximum atomic E-state index is 13.3. The van der Waals surface area contributed by atoms with E-state index in [9.17, 15) is 18.0 Å². The number of furan rings is 1. The molecule has 152 valence electrons. The summed E-state index contributed by atoms with van der Waals surface area (Å²) < 4.78 is 56.4. The van der Waals surface area contributed by atoms with Crippen LogP contribution in [0.1, 0.15) is 33.4 Å².